The molecular weight excluding hydrogens is 316 g/mol. The largest absolute Gasteiger partial charge is 0.491 e. The zero-order valence-electron chi connectivity index (χ0n) is 14.6. The van der Waals surface area contributed by atoms with Gasteiger partial charge >= 0.3 is 0 Å². The van der Waals surface area contributed by atoms with Crippen LogP contribution in [-0.2, 0) is 0 Å². The van der Waals surface area contributed by atoms with E-state index in [1.54, 1.807) is 4.90 Å². The number of hydrogen-bond acceptors (Lipinski definition) is 3. The van der Waals surface area contributed by atoms with Crippen LogP contribution in [0.25, 0.3) is 21.9 Å². The van der Waals surface area contributed by atoms with Crippen LogP contribution in [0.2, 0.25) is 0 Å². The Balaban J connectivity index is 1.39. The fraction of sp³-hybridized carbons (Fsp3) is 0.400. The average Bonchev–Trinajstić information content (AvgIpc) is 3.00. The molecule has 0 radical (unpaired) electrons. The molecule has 132 valence electrons. The minimum atomic E-state index is -0.440. The number of aliphatic hydroxyl groups excluding tert-OH is 1. The molecule has 0 spiro atoms. The third-order valence-corrected chi connectivity index (χ3v) is 5.13. The Kier molecular flexibility index (Phi) is 4.61. The van der Waals surface area contributed by atoms with E-state index in [1.165, 1.54) is 18.0 Å². The summed E-state index contributed by atoms with van der Waals surface area (Å²) in [5.41, 5.74) is 1.74. The Bertz CT molecular complexity index is 852. The lowest BCUT2D eigenvalue weighted by molar-refractivity contribution is -1.00. The lowest BCUT2D eigenvalue weighted by atomic mass is 10.1. The van der Waals surface area contributed by atoms with Crippen molar-refractivity contribution in [3.05, 3.63) is 42.5 Å². The lowest BCUT2D eigenvalue weighted by Gasteiger charge is -2.28. The molecule has 3 aromatic rings. The van der Waals surface area contributed by atoms with Gasteiger partial charge in [0.1, 0.15) is 62.4 Å². The number of quaternary nitrogens is 2. The van der Waals surface area contributed by atoms with Crippen LogP contribution in [0.4, 0.5) is 0 Å². The van der Waals surface area contributed by atoms with Gasteiger partial charge in [0.25, 0.3) is 0 Å². The summed E-state index contributed by atoms with van der Waals surface area (Å²) in [5, 5.41) is 12.4. The molecule has 1 aliphatic heterocycles. The van der Waals surface area contributed by atoms with E-state index < -0.39 is 6.10 Å². The van der Waals surface area contributed by atoms with Crippen molar-refractivity contribution < 1.29 is 24.1 Å². The first-order valence-electron chi connectivity index (χ1n) is 9.06. The number of nitrogens with one attached hydrogen (secondary N) is 2. The van der Waals surface area contributed by atoms with Crippen molar-refractivity contribution in [2.75, 3.05) is 46.4 Å². The minimum absolute atomic E-state index is 0.327. The van der Waals surface area contributed by atoms with E-state index in [-0.39, 0.29) is 0 Å². The third kappa shape index (κ3) is 3.63. The zero-order valence-corrected chi connectivity index (χ0v) is 14.6. The van der Waals surface area contributed by atoms with Crippen LogP contribution in [0.15, 0.2) is 46.9 Å². The van der Waals surface area contributed by atoms with E-state index in [2.05, 4.69) is 13.1 Å². The zero-order chi connectivity index (χ0) is 17.2. The topological polar surface area (TPSA) is 51.5 Å². The molecule has 1 atom stereocenters. The van der Waals surface area contributed by atoms with Crippen molar-refractivity contribution in [1.29, 1.82) is 0 Å². The van der Waals surface area contributed by atoms with E-state index in [0.29, 0.717) is 6.61 Å². The van der Waals surface area contributed by atoms with Crippen LogP contribution in [0.3, 0.4) is 0 Å². The summed E-state index contributed by atoms with van der Waals surface area (Å²) in [6.07, 6.45) is -0.440. The molecular formula is C20H26N2O3+2. The Morgan fingerprint density at radius 3 is 2.64 bits per heavy atom. The average molecular weight is 342 g/mol. The molecule has 0 unspecified atom stereocenters. The smallest absolute Gasteiger partial charge is 0.137 e. The predicted molar refractivity (Wildman–Crippen MR) is 97.4 cm³/mol. The van der Waals surface area contributed by atoms with Gasteiger partial charge in [0.05, 0.1) is 7.05 Å². The Morgan fingerprint density at radius 1 is 1.04 bits per heavy atom. The molecule has 5 heteroatoms. The molecule has 5 nitrogen and oxygen atoms in total. The number of para-hydroxylation sites is 1. The fourth-order valence-electron chi connectivity index (χ4n) is 3.61. The van der Waals surface area contributed by atoms with Gasteiger partial charge in [-0.1, -0.05) is 18.2 Å². The number of furan rings is 1. The summed E-state index contributed by atoms with van der Waals surface area (Å²) >= 11 is 0. The summed E-state index contributed by atoms with van der Waals surface area (Å²) in [5.74, 6) is 0.774. The van der Waals surface area contributed by atoms with Gasteiger partial charge in [0.2, 0.25) is 0 Å². The number of ether oxygens (including phenoxy) is 1. The van der Waals surface area contributed by atoms with Gasteiger partial charge in [0.15, 0.2) is 0 Å². The summed E-state index contributed by atoms with van der Waals surface area (Å²) in [7, 11) is 2.23. The number of hydrogen-bond donors (Lipinski definition) is 3. The maximum Gasteiger partial charge on any atom is 0.137 e. The highest BCUT2D eigenvalue weighted by atomic mass is 16.5. The predicted octanol–water partition coefficient (Wildman–Crippen LogP) is -0.261. The molecule has 4 rings (SSSR count). The van der Waals surface area contributed by atoms with Gasteiger partial charge in [-0.25, -0.2) is 0 Å². The Hall–Kier alpha value is -2.08. The number of aliphatic hydroxyl groups is 1. The monoisotopic (exact) mass is 342 g/mol. The van der Waals surface area contributed by atoms with Crippen molar-refractivity contribution >= 4 is 21.9 Å². The van der Waals surface area contributed by atoms with Crippen LogP contribution in [0.5, 0.6) is 5.75 Å². The number of rotatable bonds is 5. The van der Waals surface area contributed by atoms with E-state index in [0.717, 1.165) is 47.3 Å². The van der Waals surface area contributed by atoms with Crippen LogP contribution in [-0.4, -0.2) is 57.6 Å². The van der Waals surface area contributed by atoms with Gasteiger partial charge in [-0.05, 0) is 24.3 Å². The van der Waals surface area contributed by atoms with Crippen molar-refractivity contribution in [3.8, 4) is 5.75 Å². The maximum atomic E-state index is 10.3. The number of benzene rings is 2. The maximum absolute atomic E-state index is 10.3. The van der Waals surface area contributed by atoms with Crippen molar-refractivity contribution in [1.82, 2.24) is 0 Å². The molecule has 25 heavy (non-hydrogen) atoms. The van der Waals surface area contributed by atoms with Gasteiger partial charge in [-0.3, -0.25) is 0 Å². The van der Waals surface area contributed by atoms with E-state index in [4.69, 9.17) is 9.15 Å². The summed E-state index contributed by atoms with van der Waals surface area (Å²) in [4.78, 5) is 3.05. The van der Waals surface area contributed by atoms with Crippen molar-refractivity contribution in [2.45, 2.75) is 6.10 Å². The van der Waals surface area contributed by atoms with Crippen LogP contribution >= 0.6 is 0 Å². The van der Waals surface area contributed by atoms with E-state index >= 15 is 0 Å². The quantitative estimate of drug-likeness (QED) is 0.599. The fourth-order valence-corrected chi connectivity index (χ4v) is 3.61. The van der Waals surface area contributed by atoms with Gasteiger partial charge < -0.3 is 24.1 Å². The van der Waals surface area contributed by atoms with Crippen molar-refractivity contribution in [3.63, 3.8) is 0 Å². The highest BCUT2D eigenvalue weighted by Crippen LogP contribution is 2.31. The number of fused-ring (bicyclic) bond motifs is 3. The molecule has 2 aromatic carbocycles. The molecule has 0 bridgehead atoms. The van der Waals surface area contributed by atoms with Crippen LogP contribution in [0.1, 0.15) is 0 Å². The van der Waals surface area contributed by atoms with E-state index in [1.807, 2.05) is 36.4 Å². The first kappa shape index (κ1) is 16.4. The first-order valence-corrected chi connectivity index (χ1v) is 9.06. The first-order chi connectivity index (χ1) is 12.2. The third-order valence-electron chi connectivity index (χ3n) is 5.13. The van der Waals surface area contributed by atoms with Crippen LogP contribution < -0.4 is 14.5 Å². The second-order valence-corrected chi connectivity index (χ2v) is 7.13. The standard InChI is InChI=1S/C20H24N2O3/c1-21-8-10-22(11-9-21)13-15(23)14-24-16-6-7-20-18(12-16)17-4-2-3-5-19(17)25-20/h2-7,12,15,23H,8-11,13-14H2,1H3/p+2/t15-/m0/s1. The number of piperazine rings is 1. The summed E-state index contributed by atoms with van der Waals surface area (Å²) < 4.78 is 11.7. The van der Waals surface area contributed by atoms with Crippen molar-refractivity contribution in [2.24, 2.45) is 0 Å². The Labute approximate surface area is 147 Å². The van der Waals surface area contributed by atoms with E-state index in [9.17, 15) is 5.11 Å². The molecule has 2 heterocycles. The molecule has 1 saturated heterocycles. The van der Waals surface area contributed by atoms with Crippen LogP contribution in [0, 0.1) is 0 Å². The molecule has 0 saturated carbocycles. The molecule has 1 aliphatic rings. The Morgan fingerprint density at radius 2 is 1.80 bits per heavy atom. The second-order valence-electron chi connectivity index (χ2n) is 7.13. The highest BCUT2D eigenvalue weighted by molar-refractivity contribution is 6.05. The number of likely N-dealkylation sites (N-methyl/N-ethyl adjacent to an activating group) is 1. The summed E-state index contributed by atoms with van der Waals surface area (Å²) in [6.45, 7) is 5.67. The van der Waals surface area contributed by atoms with Gasteiger partial charge in [0, 0.05) is 10.8 Å². The molecule has 3 N–H and O–H groups in total. The van der Waals surface area contributed by atoms with Gasteiger partial charge in [-0.2, -0.15) is 0 Å². The molecule has 0 amide bonds. The summed E-state index contributed by atoms with van der Waals surface area (Å²) in [6, 6.07) is 13.9. The second kappa shape index (κ2) is 7.04. The highest BCUT2D eigenvalue weighted by Gasteiger charge is 2.22. The normalized spacial score (nSPS) is 22.3. The lowest BCUT2D eigenvalue weighted by Crippen LogP contribution is -3.27. The molecule has 1 aromatic heterocycles. The molecule has 1 fully saturated rings. The SMILES string of the molecule is C[NH+]1CC[NH+](C[C@H](O)COc2ccc3oc4ccccc4c3c2)CC1. The van der Waals surface area contributed by atoms with Gasteiger partial charge in [-0.15, -0.1) is 0 Å². The minimum Gasteiger partial charge on any atom is -0.491 e. The molecule has 0 aliphatic carbocycles.